The molecule has 0 radical (unpaired) electrons. The Bertz CT molecular complexity index is 555. The van der Waals surface area contributed by atoms with Crippen LogP contribution in [0.5, 0.6) is 0 Å². The number of nitro groups is 1. The summed E-state index contributed by atoms with van der Waals surface area (Å²) in [5, 5.41) is 14.8. The van der Waals surface area contributed by atoms with E-state index in [1.165, 1.54) is 32.0 Å². The number of hydrogen-bond donors (Lipinski definition) is 1. The van der Waals surface area contributed by atoms with E-state index in [1.807, 2.05) is 4.90 Å². The number of hydrogen-bond acceptors (Lipinski definition) is 7. The fourth-order valence-electron chi connectivity index (χ4n) is 3.52. The third-order valence-corrected chi connectivity index (χ3v) is 4.81. The normalized spacial score (nSPS) is 19.2. The Morgan fingerprint density at radius 2 is 1.71 bits per heavy atom. The molecule has 1 aromatic rings. The summed E-state index contributed by atoms with van der Waals surface area (Å²) in [7, 11) is 0. The predicted molar refractivity (Wildman–Crippen MR) is 93.5 cm³/mol. The maximum atomic E-state index is 11.6. The van der Waals surface area contributed by atoms with Gasteiger partial charge in [0.05, 0.1) is 4.92 Å². The minimum absolute atomic E-state index is 0.0121. The topological polar surface area (TPSA) is 87.4 Å². The van der Waals surface area contributed by atoms with Crippen molar-refractivity contribution in [2.75, 3.05) is 49.5 Å². The van der Waals surface area contributed by atoms with Crippen LogP contribution in [0.4, 0.5) is 17.3 Å². The predicted octanol–water partition coefficient (Wildman–Crippen LogP) is 2.27. The van der Waals surface area contributed by atoms with Crippen LogP contribution in [-0.4, -0.2) is 59.1 Å². The molecule has 3 rings (SSSR count). The number of nitrogens with one attached hydrogen (secondary N) is 1. The molecule has 2 saturated heterocycles. The maximum Gasteiger partial charge on any atom is 0.353 e. The van der Waals surface area contributed by atoms with Crippen LogP contribution >= 0.6 is 0 Å². The number of anilines is 2. The van der Waals surface area contributed by atoms with Crippen LogP contribution in [0.25, 0.3) is 0 Å². The van der Waals surface area contributed by atoms with Gasteiger partial charge in [0.2, 0.25) is 11.6 Å². The van der Waals surface area contributed by atoms with Crippen LogP contribution in [0.3, 0.4) is 0 Å². The maximum absolute atomic E-state index is 11.6. The first-order valence-electron chi connectivity index (χ1n) is 8.96. The molecule has 0 atom stereocenters. The molecule has 2 aliphatic rings. The Labute approximate surface area is 142 Å². The van der Waals surface area contributed by atoms with E-state index in [1.54, 1.807) is 0 Å². The zero-order valence-electron chi connectivity index (χ0n) is 14.1. The summed E-state index contributed by atoms with van der Waals surface area (Å²) in [5.41, 5.74) is 0.0121. The average molecular weight is 334 g/mol. The highest BCUT2D eigenvalue weighted by atomic mass is 16.6. The fourth-order valence-corrected chi connectivity index (χ4v) is 3.52. The Hall–Kier alpha value is -1.96. The van der Waals surface area contributed by atoms with Gasteiger partial charge in [0.25, 0.3) is 0 Å². The van der Waals surface area contributed by atoms with Crippen molar-refractivity contribution in [2.24, 2.45) is 0 Å². The van der Waals surface area contributed by atoms with Crippen molar-refractivity contribution in [1.29, 1.82) is 0 Å². The quantitative estimate of drug-likeness (QED) is 0.630. The lowest BCUT2D eigenvalue weighted by atomic mass is 10.1. The molecule has 0 bridgehead atoms. The van der Waals surface area contributed by atoms with Crippen LogP contribution in [0.2, 0.25) is 0 Å². The fraction of sp³-hybridized carbons (Fsp3) is 0.750. The van der Waals surface area contributed by atoms with Crippen LogP contribution in [-0.2, 0) is 0 Å². The number of aromatic nitrogens is 2. The lowest BCUT2D eigenvalue weighted by Gasteiger charge is -2.28. The molecule has 2 aliphatic heterocycles. The lowest BCUT2D eigenvalue weighted by molar-refractivity contribution is -0.383. The minimum atomic E-state index is -0.354. The van der Waals surface area contributed by atoms with Gasteiger partial charge in [-0.15, -0.1) is 0 Å². The van der Waals surface area contributed by atoms with E-state index in [0.29, 0.717) is 18.2 Å². The van der Waals surface area contributed by atoms with Crippen molar-refractivity contribution < 1.29 is 4.92 Å². The number of likely N-dealkylation sites (tertiary alicyclic amines) is 1. The molecule has 132 valence electrons. The van der Waals surface area contributed by atoms with Gasteiger partial charge in [-0.25, -0.2) is 9.97 Å². The first-order valence-corrected chi connectivity index (χ1v) is 8.96. The van der Waals surface area contributed by atoms with E-state index in [2.05, 4.69) is 20.2 Å². The van der Waals surface area contributed by atoms with Gasteiger partial charge in [0.1, 0.15) is 6.33 Å². The molecule has 0 spiro atoms. The molecule has 1 N–H and O–H groups in total. The molecule has 0 saturated carbocycles. The number of rotatable bonds is 6. The van der Waals surface area contributed by atoms with Crippen molar-refractivity contribution >= 4 is 17.3 Å². The standard InChI is InChI=1S/C16H26N6O2/c23-22(24)14-15(17-7-12-20-8-3-1-4-9-20)18-13-19-16(14)21-10-5-2-6-11-21/h13H,1-12H2,(H,17,18,19). The summed E-state index contributed by atoms with van der Waals surface area (Å²) >= 11 is 0. The highest BCUT2D eigenvalue weighted by Crippen LogP contribution is 2.33. The molecule has 0 aromatic carbocycles. The Morgan fingerprint density at radius 3 is 2.38 bits per heavy atom. The Morgan fingerprint density at radius 1 is 1.04 bits per heavy atom. The molecule has 3 heterocycles. The molecular formula is C16H26N6O2. The van der Waals surface area contributed by atoms with Gasteiger partial charge >= 0.3 is 5.69 Å². The largest absolute Gasteiger partial charge is 0.363 e. The van der Waals surface area contributed by atoms with E-state index in [0.717, 1.165) is 45.6 Å². The number of piperidine rings is 2. The van der Waals surface area contributed by atoms with Crippen molar-refractivity contribution in [3.63, 3.8) is 0 Å². The van der Waals surface area contributed by atoms with Crippen molar-refractivity contribution in [2.45, 2.75) is 38.5 Å². The molecule has 24 heavy (non-hydrogen) atoms. The highest BCUT2D eigenvalue weighted by Gasteiger charge is 2.27. The first-order chi connectivity index (χ1) is 11.8. The van der Waals surface area contributed by atoms with Gasteiger partial charge < -0.3 is 15.1 Å². The van der Waals surface area contributed by atoms with Gasteiger partial charge in [-0.1, -0.05) is 6.42 Å². The molecule has 0 unspecified atom stereocenters. The van der Waals surface area contributed by atoms with E-state index in [4.69, 9.17) is 0 Å². The molecule has 0 amide bonds. The highest BCUT2D eigenvalue weighted by molar-refractivity contribution is 5.70. The minimum Gasteiger partial charge on any atom is -0.363 e. The smallest absolute Gasteiger partial charge is 0.353 e. The summed E-state index contributed by atoms with van der Waals surface area (Å²) in [6, 6.07) is 0. The first kappa shape index (κ1) is 16.9. The van der Waals surface area contributed by atoms with Crippen LogP contribution in [0.15, 0.2) is 6.33 Å². The molecule has 8 nitrogen and oxygen atoms in total. The Kier molecular flexibility index (Phi) is 5.79. The van der Waals surface area contributed by atoms with Crippen LogP contribution in [0.1, 0.15) is 38.5 Å². The van der Waals surface area contributed by atoms with Gasteiger partial charge in [0.15, 0.2) is 0 Å². The Balaban J connectivity index is 1.68. The second-order valence-corrected chi connectivity index (χ2v) is 6.53. The third kappa shape index (κ3) is 4.11. The van der Waals surface area contributed by atoms with Crippen LogP contribution < -0.4 is 10.2 Å². The van der Waals surface area contributed by atoms with E-state index in [-0.39, 0.29) is 10.6 Å². The summed E-state index contributed by atoms with van der Waals surface area (Å²) < 4.78 is 0. The van der Waals surface area contributed by atoms with Crippen LogP contribution in [0, 0.1) is 10.1 Å². The van der Waals surface area contributed by atoms with Crippen molar-refractivity contribution in [1.82, 2.24) is 14.9 Å². The van der Waals surface area contributed by atoms with E-state index in [9.17, 15) is 10.1 Å². The van der Waals surface area contributed by atoms with Crippen molar-refractivity contribution in [3.05, 3.63) is 16.4 Å². The zero-order chi connectivity index (χ0) is 16.8. The SMILES string of the molecule is O=[N+]([O-])c1c(NCCN2CCCCC2)ncnc1N1CCCCC1. The summed E-state index contributed by atoms with van der Waals surface area (Å²) in [5.74, 6) is 0.794. The number of nitrogens with zero attached hydrogens (tertiary/aromatic N) is 5. The van der Waals surface area contributed by atoms with E-state index < -0.39 is 0 Å². The molecule has 1 aromatic heterocycles. The van der Waals surface area contributed by atoms with Gasteiger partial charge in [-0.2, -0.15) is 0 Å². The monoisotopic (exact) mass is 334 g/mol. The third-order valence-electron chi connectivity index (χ3n) is 4.81. The average Bonchev–Trinajstić information content (AvgIpc) is 2.63. The second kappa shape index (κ2) is 8.23. The molecule has 8 heteroatoms. The second-order valence-electron chi connectivity index (χ2n) is 6.53. The van der Waals surface area contributed by atoms with Gasteiger partial charge in [-0.05, 0) is 45.2 Å². The van der Waals surface area contributed by atoms with Gasteiger partial charge in [-0.3, -0.25) is 10.1 Å². The summed E-state index contributed by atoms with van der Waals surface area (Å²) in [4.78, 5) is 24.0. The molecule has 2 fully saturated rings. The zero-order valence-corrected chi connectivity index (χ0v) is 14.1. The summed E-state index contributed by atoms with van der Waals surface area (Å²) in [6.45, 7) is 5.44. The molecule has 0 aliphatic carbocycles. The lowest BCUT2D eigenvalue weighted by Crippen LogP contribution is -2.34. The summed E-state index contributed by atoms with van der Waals surface area (Å²) in [6.07, 6.45) is 8.51. The van der Waals surface area contributed by atoms with Gasteiger partial charge in [0, 0.05) is 26.2 Å². The van der Waals surface area contributed by atoms with Crippen molar-refractivity contribution in [3.8, 4) is 0 Å². The van der Waals surface area contributed by atoms with E-state index >= 15 is 0 Å². The molecular weight excluding hydrogens is 308 g/mol.